The highest BCUT2D eigenvalue weighted by atomic mass is 79.9. The molecule has 1 amide bonds. The average molecular weight is 290 g/mol. The van der Waals surface area contributed by atoms with Crippen LogP contribution >= 0.6 is 27.7 Å². The van der Waals surface area contributed by atoms with Crippen LogP contribution in [-0.2, 0) is 4.79 Å². The summed E-state index contributed by atoms with van der Waals surface area (Å²) >= 11 is 4.61. The van der Waals surface area contributed by atoms with E-state index >= 15 is 0 Å². The number of thioether (sulfide) groups is 1. The summed E-state index contributed by atoms with van der Waals surface area (Å²) in [5.74, 6) is -0.402. The van der Waals surface area contributed by atoms with Crippen LogP contribution in [0.4, 0.5) is 10.1 Å². The molecule has 80 valence electrons. The topological polar surface area (TPSA) is 29.1 Å². The molecule has 1 N–H and O–H groups in total. The first kappa shape index (κ1) is 11.0. The normalized spacial score (nSPS) is 19.7. The fourth-order valence-electron chi connectivity index (χ4n) is 1.41. The van der Waals surface area contributed by atoms with Gasteiger partial charge >= 0.3 is 0 Å². The maximum atomic E-state index is 13.2. The van der Waals surface area contributed by atoms with Gasteiger partial charge in [0.15, 0.2) is 0 Å². The molecule has 0 saturated carbocycles. The molecule has 1 aliphatic rings. The Balaban J connectivity index is 2.41. The zero-order valence-corrected chi connectivity index (χ0v) is 10.4. The molecule has 1 atom stereocenters. The van der Waals surface area contributed by atoms with Gasteiger partial charge < -0.3 is 5.32 Å². The summed E-state index contributed by atoms with van der Waals surface area (Å²) in [4.78, 5) is 12.4. The zero-order valence-electron chi connectivity index (χ0n) is 8.01. The van der Waals surface area contributed by atoms with Gasteiger partial charge in [0, 0.05) is 4.90 Å². The molecule has 15 heavy (non-hydrogen) atoms. The summed E-state index contributed by atoms with van der Waals surface area (Å²) in [5, 5.41) is 2.63. The van der Waals surface area contributed by atoms with Crippen molar-refractivity contribution >= 4 is 39.3 Å². The van der Waals surface area contributed by atoms with Gasteiger partial charge in [-0.05, 0) is 34.5 Å². The number of fused-ring (bicyclic) bond motifs is 1. The second kappa shape index (κ2) is 4.14. The number of carbonyl (C=O) groups is 1. The average Bonchev–Trinajstić information content (AvgIpc) is 2.20. The van der Waals surface area contributed by atoms with E-state index in [2.05, 4.69) is 21.2 Å². The van der Waals surface area contributed by atoms with Gasteiger partial charge in [-0.2, -0.15) is 0 Å². The van der Waals surface area contributed by atoms with E-state index in [1.54, 1.807) is 6.07 Å². The highest BCUT2D eigenvalue weighted by molar-refractivity contribution is 9.10. The van der Waals surface area contributed by atoms with Crippen LogP contribution in [0, 0.1) is 5.82 Å². The summed E-state index contributed by atoms with van der Waals surface area (Å²) in [5.41, 5.74) is 0.565. The molecule has 1 unspecified atom stereocenters. The highest BCUT2D eigenvalue weighted by Crippen LogP contribution is 2.39. The molecule has 0 aliphatic carbocycles. The minimum Gasteiger partial charge on any atom is -0.324 e. The van der Waals surface area contributed by atoms with Gasteiger partial charge in [-0.1, -0.05) is 6.92 Å². The molecule has 0 bridgehead atoms. The predicted molar refractivity (Wildman–Crippen MR) is 62.7 cm³/mol. The predicted octanol–water partition coefficient (Wildman–Crippen LogP) is 3.41. The molecule has 5 heteroatoms. The number of hydrogen-bond donors (Lipinski definition) is 1. The van der Waals surface area contributed by atoms with Gasteiger partial charge in [0.2, 0.25) is 5.91 Å². The van der Waals surface area contributed by atoms with Crippen LogP contribution in [0.25, 0.3) is 0 Å². The molecule has 2 nitrogen and oxygen atoms in total. The van der Waals surface area contributed by atoms with E-state index in [0.29, 0.717) is 10.2 Å². The SMILES string of the molecule is CCC1Sc2cc(Br)c(F)cc2NC1=O. The van der Waals surface area contributed by atoms with Gasteiger partial charge in [-0.3, -0.25) is 4.79 Å². The third-order valence-electron chi connectivity index (χ3n) is 2.21. The number of benzene rings is 1. The van der Waals surface area contributed by atoms with Crippen LogP contribution in [0.5, 0.6) is 0 Å². The maximum Gasteiger partial charge on any atom is 0.237 e. The van der Waals surface area contributed by atoms with Crippen molar-refractivity contribution in [2.24, 2.45) is 0 Å². The van der Waals surface area contributed by atoms with Crippen molar-refractivity contribution in [1.82, 2.24) is 0 Å². The van der Waals surface area contributed by atoms with Crippen molar-refractivity contribution in [3.63, 3.8) is 0 Å². The Morgan fingerprint density at radius 1 is 1.60 bits per heavy atom. The second-order valence-electron chi connectivity index (χ2n) is 3.27. The first-order chi connectivity index (χ1) is 7.11. The monoisotopic (exact) mass is 289 g/mol. The van der Waals surface area contributed by atoms with E-state index in [0.717, 1.165) is 11.3 Å². The number of rotatable bonds is 1. The molecule has 2 rings (SSSR count). The number of nitrogens with one attached hydrogen (secondary N) is 1. The molecule has 0 spiro atoms. The molecule has 1 aromatic carbocycles. The third-order valence-corrected chi connectivity index (χ3v) is 4.24. The Hall–Kier alpha value is -0.550. The van der Waals surface area contributed by atoms with Crippen LogP contribution in [0.3, 0.4) is 0 Å². The van der Waals surface area contributed by atoms with Crippen molar-refractivity contribution in [2.75, 3.05) is 5.32 Å². The summed E-state index contributed by atoms with van der Waals surface area (Å²) < 4.78 is 13.6. The van der Waals surface area contributed by atoms with Crippen LogP contribution in [0.1, 0.15) is 13.3 Å². The number of hydrogen-bond acceptors (Lipinski definition) is 2. The van der Waals surface area contributed by atoms with E-state index in [1.165, 1.54) is 17.8 Å². The smallest absolute Gasteiger partial charge is 0.237 e. The standard InChI is InChI=1S/C10H9BrFNOS/c1-2-8-10(14)13-7-4-6(12)5(11)3-9(7)15-8/h3-4,8H,2H2,1H3,(H,13,14). The number of amides is 1. The van der Waals surface area contributed by atoms with Gasteiger partial charge in [0.05, 0.1) is 15.4 Å². The van der Waals surface area contributed by atoms with E-state index in [1.807, 2.05) is 6.92 Å². The number of halogens is 2. The Labute approximate surface area is 99.8 Å². The van der Waals surface area contributed by atoms with Gasteiger partial charge in [0.25, 0.3) is 0 Å². The molecule has 0 fully saturated rings. The molecular formula is C10H9BrFNOS. The highest BCUT2D eigenvalue weighted by Gasteiger charge is 2.26. The summed E-state index contributed by atoms with van der Waals surface area (Å²) in [6.45, 7) is 1.96. The lowest BCUT2D eigenvalue weighted by atomic mass is 10.2. The van der Waals surface area contributed by atoms with Crippen molar-refractivity contribution in [2.45, 2.75) is 23.5 Å². The van der Waals surface area contributed by atoms with Crippen molar-refractivity contribution in [3.05, 3.63) is 22.4 Å². The zero-order chi connectivity index (χ0) is 11.0. The first-order valence-corrected chi connectivity index (χ1v) is 6.25. The second-order valence-corrected chi connectivity index (χ2v) is 5.37. The van der Waals surface area contributed by atoms with Crippen molar-refractivity contribution < 1.29 is 9.18 Å². The lowest BCUT2D eigenvalue weighted by molar-refractivity contribution is -0.115. The van der Waals surface area contributed by atoms with Crippen LogP contribution < -0.4 is 5.32 Å². The van der Waals surface area contributed by atoms with Crippen LogP contribution in [-0.4, -0.2) is 11.2 Å². The molecular weight excluding hydrogens is 281 g/mol. The Kier molecular flexibility index (Phi) is 3.02. The Morgan fingerprint density at radius 2 is 2.33 bits per heavy atom. The molecule has 1 heterocycles. The Morgan fingerprint density at radius 3 is 3.00 bits per heavy atom. The fraction of sp³-hybridized carbons (Fsp3) is 0.300. The molecule has 1 aromatic rings. The lowest BCUT2D eigenvalue weighted by Gasteiger charge is -2.23. The fourth-order valence-corrected chi connectivity index (χ4v) is 2.97. The number of anilines is 1. The van der Waals surface area contributed by atoms with E-state index in [4.69, 9.17) is 0 Å². The van der Waals surface area contributed by atoms with Gasteiger partial charge in [0.1, 0.15) is 5.82 Å². The molecule has 0 saturated heterocycles. The van der Waals surface area contributed by atoms with Crippen LogP contribution in [0.2, 0.25) is 0 Å². The van der Waals surface area contributed by atoms with Crippen molar-refractivity contribution in [1.29, 1.82) is 0 Å². The molecule has 0 aromatic heterocycles. The summed E-state index contributed by atoms with van der Waals surface area (Å²) in [7, 11) is 0. The van der Waals surface area contributed by atoms with E-state index in [-0.39, 0.29) is 17.0 Å². The summed E-state index contributed by atoms with van der Waals surface area (Å²) in [6, 6.07) is 3.05. The quantitative estimate of drug-likeness (QED) is 0.858. The first-order valence-electron chi connectivity index (χ1n) is 4.58. The number of carbonyl (C=O) groups excluding carboxylic acids is 1. The van der Waals surface area contributed by atoms with E-state index in [9.17, 15) is 9.18 Å². The minimum absolute atomic E-state index is 0.0447. The summed E-state index contributed by atoms with van der Waals surface area (Å²) in [6.07, 6.45) is 0.769. The largest absolute Gasteiger partial charge is 0.324 e. The van der Waals surface area contributed by atoms with Crippen molar-refractivity contribution in [3.8, 4) is 0 Å². The maximum absolute atomic E-state index is 13.2. The van der Waals surface area contributed by atoms with E-state index < -0.39 is 0 Å². The Bertz CT molecular complexity index is 424. The van der Waals surface area contributed by atoms with Crippen LogP contribution in [0.15, 0.2) is 21.5 Å². The van der Waals surface area contributed by atoms with Gasteiger partial charge in [-0.15, -0.1) is 11.8 Å². The molecule has 1 aliphatic heterocycles. The lowest BCUT2D eigenvalue weighted by Crippen LogP contribution is -2.28. The van der Waals surface area contributed by atoms with Gasteiger partial charge in [-0.25, -0.2) is 4.39 Å². The third kappa shape index (κ3) is 2.03. The molecule has 0 radical (unpaired) electrons. The minimum atomic E-state index is -0.357.